The predicted octanol–water partition coefficient (Wildman–Crippen LogP) is 1.35. The van der Waals surface area contributed by atoms with E-state index in [9.17, 15) is 5.11 Å². The number of aliphatic hydroxyl groups is 2. The van der Waals surface area contributed by atoms with Crippen molar-refractivity contribution in [2.75, 3.05) is 40.6 Å². The molecule has 6 nitrogen and oxygen atoms in total. The van der Waals surface area contributed by atoms with E-state index in [1.54, 1.807) is 19.2 Å². The summed E-state index contributed by atoms with van der Waals surface area (Å²) in [4.78, 5) is 0. The normalized spacial score (nSPS) is 12.2. The van der Waals surface area contributed by atoms with Gasteiger partial charge >= 0.3 is 0 Å². The Morgan fingerprint density at radius 2 is 1.95 bits per heavy atom. The summed E-state index contributed by atoms with van der Waals surface area (Å²) in [5.74, 6) is 0.964. The number of hydrogen-bond acceptors (Lipinski definition) is 6. The molecule has 1 atom stereocenters. The second kappa shape index (κ2) is 9.97. The lowest BCUT2D eigenvalue weighted by Gasteiger charge is -2.16. The largest absolute Gasteiger partial charge is 0.493 e. The van der Waals surface area contributed by atoms with E-state index in [0.29, 0.717) is 34.7 Å². The number of ether oxygens (including phenoxy) is 4. The van der Waals surface area contributed by atoms with E-state index in [2.05, 4.69) is 15.9 Å². The van der Waals surface area contributed by atoms with E-state index < -0.39 is 6.10 Å². The van der Waals surface area contributed by atoms with E-state index in [0.717, 1.165) is 0 Å². The zero-order valence-corrected chi connectivity index (χ0v) is 13.8. The fourth-order valence-electron chi connectivity index (χ4n) is 1.59. The summed E-state index contributed by atoms with van der Waals surface area (Å²) in [5, 5.41) is 18.9. The average Bonchev–Trinajstić information content (AvgIpc) is 2.49. The van der Waals surface area contributed by atoms with Gasteiger partial charge in [0.2, 0.25) is 0 Å². The van der Waals surface area contributed by atoms with E-state index in [4.69, 9.17) is 24.1 Å². The van der Waals surface area contributed by atoms with Gasteiger partial charge < -0.3 is 29.2 Å². The second-order valence-electron chi connectivity index (χ2n) is 4.30. The number of benzene rings is 1. The van der Waals surface area contributed by atoms with Crippen LogP contribution in [0, 0.1) is 0 Å². The van der Waals surface area contributed by atoms with Crippen molar-refractivity contribution in [3.63, 3.8) is 0 Å². The third kappa shape index (κ3) is 6.19. The SMILES string of the molecule is COCCOCC(O)COc1c(Br)cc(CO)cc1OC. The first kappa shape index (κ1) is 18.2. The standard InChI is InChI=1S/C14H21BrO6/c1-18-3-4-20-8-11(17)9-21-14-12(15)5-10(7-16)6-13(14)19-2/h5-6,11,16-17H,3-4,7-9H2,1-2H3. The molecular formula is C14H21BrO6. The maximum absolute atomic E-state index is 9.78. The van der Waals surface area contributed by atoms with Gasteiger partial charge in [-0.1, -0.05) is 0 Å². The van der Waals surface area contributed by atoms with Crippen LogP contribution in [0.2, 0.25) is 0 Å². The highest BCUT2D eigenvalue weighted by Crippen LogP contribution is 2.36. The molecule has 21 heavy (non-hydrogen) atoms. The summed E-state index contributed by atoms with van der Waals surface area (Å²) in [6, 6.07) is 3.42. The topological polar surface area (TPSA) is 77.4 Å². The van der Waals surface area contributed by atoms with Crippen molar-refractivity contribution in [2.45, 2.75) is 12.7 Å². The molecule has 0 saturated carbocycles. The van der Waals surface area contributed by atoms with Gasteiger partial charge in [0, 0.05) is 7.11 Å². The molecule has 0 radical (unpaired) electrons. The van der Waals surface area contributed by atoms with Gasteiger partial charge in [-0.3, -0.25) is 0 Å². The van der Waals surface area contributed by atoms with Crippen LogP contribution in [0.4, 0.5) is 0 Å². The average molecular weight is 365 g/mol. The molecule has 0 fully saturated rings. The van der Waals surface area contributed by atoms with Crippen molar-refractivity contribution in [1.82, 2.24) is 0 Å². The summed E-state index contributed by atoms with van der Waals surface area (Å²) in [6.07, 6.45) is -0.754. The van der Waals surface area contributed by atoms with E-state index in [1.807, 2.05) is 0 Å². The lowest BCUT2D eigenvalue weighted by atomic mass is 10.2. The number of halogens is 1. The molecule has 0 aromatic heterocycles. The minimum atomic E-state index is -0.754. The summed E-state index contributed by atoms with van der Waals surface area (Å²) >= 11 is 3.36. The van der Waals surface area contributed by atoms with Crippen LogP contribution in [-0.2, 0) is 16.1 Å². The zero-order chi connectivity index (χ0) is 15.7. The second-order valence-corrected chi connectivity index (χ2v) is 5.15. The van der Waals surface area contributed by atoms with Gasteiger partial charge in [-0.2, -0.15) is 0 Å². The molecule has 0 bridgehead atoms. The smallest absolute Gasteiger partial charge is 0.175 e. The molecule has 0 aliphatic carbocycles. The molecule has 0 amide bonds. The quantitative estimate of drug-likeness (QED) is 0.610. The van der Waals surface area contributed by atoms with Gasteiger partial charge in [0.15, 0.2) is 11.5 Å². The Balaban J connectivity index is 2.54. The van der Waals surface area contributed by atoms with Crippen LogP contribution in [0.1, 0.15) is 5.56 Å². The van der Waals surface area contributed by atoms with E-state index in [1.165, 1.54) is 7.11 Å². The van der Waals surface area contributed by atoms with Crippen molar-refractivity contribution < 1.29 is 29.2 Å². The van der Waals surface area contributed by atoms with Gasteiger partial charge in [-0.15, -0.1) is 0 Å². The van der Waals surface area contributed by atoms with Gasteiger partial charge in [0.25, 0.3) is 0 Å². The Kier molecular flexibility index (Phi) is 8.63. The highest BCUT2D eigenvalue weighted by molar-refractivity contribution is 9.10. The Morgan fingerprint density at radius 1 is 1.19 bits per heavy atom. The predicted molar refractivity (Wildman–Crippen MR) is 80.8 cm³/mol. The van der Waals surface area contributed by atoms with Gasteiger partial charge in [-0.25, -0.2) is 0 Å². The fourth-order valence-corrected chi connectivity index (χ4v) is 2.20. The Labute approximate surface area is 132 Å². The highest BCUT2D eigenvalue weighted by Gasteiger charge is 2.14. The highest BCUT2D eigenvalue weighted by atomic mass is 79.9. The molecule has 7 heteroatoms. The number of methoxy groups -OCH3 is 2. The number of aliphatic hydroxyl groups excluding tert-OH is 2. The molecule has 0 aliphatic heterocycles. The van der Waals surface area contributed by atoms with Crippen LogP contribution in [0.3, 0.4) is 0 Å². The summed E-state index contributed by atoms with van der Waals surface area (Å²) in [6.45, 7) is 1.05. The van der Waals surface area contributed by atoms with Crippen molar-refractivity contribution in [2.24, 2.45) is 0 Å². The van der Waals surface area contributed by atoms with Crippen molar-refractivity contribution in [3.8, 4) is 11.5 Å². The van der Waals surface area contributed by atoms with Crippen LogP contribution >= 0.6 is 15.9 Å². The molecule has 1 aromatic rings. The molecule has 1 unspecified atom stereocenters. The Morgan fingerprint density at radius 3 is 2.57 bits per heavy atom. The summed E-state index contributed by atoms with van der Waals surface area (Å²) in [7, 11) is 3.10. The van der Waals surface area contributed by atoms with Crippen LogP contribution in [0.25, 0.3) is 0 Å². The minimum Gasteiger partial charge on any atom is -0.493 e. The first-order valence-electron chi connectivity index (χ1n) is 6.47. The van der Waals surface area contributed by atoms with Crippen molar-refractivity contribution in [3.05, 3.63) is 22.2 Å². The zero-order valence-electron chi connectivity index (χ0n) is 12.2. The molecular weight excluding hydrogens is 344 g/mol. The van der Waals surface area contributed by atoms with Crippen LogP contribution in [0.5, 0.6) is 11.5 Å². The molecule has 0 saturated heterocycles. The molecule has 1 rings (SSSR count). The Bertz CT molecular complexity index is 426. The molecule has 0 aliphatic rings. The van der Waals surface area contributed by atoms with Gasteiger partial charge in [0.1, 0.15) is 12.7 Å². The maximum Gasteiger partial charge on any atom is 0.175 e. The van der Waals surface area contributed by atoms with Crippen LogP contribution in [0.15, 0.2) is 16.6 Å². The van der Waals surface area contributed by atoms with Crippen molar-refractivity contribution in [1.29, 1.82) is 0 Å². The molecule has 120 valence electrons. The number of hydrogen-bond donors (Lipinski definition) is 2. The fraction of sp³-hybridized carbons (Fsp3) is 0.571. The third-order valence-electron chi connectivity index (χ3n) is 2.63. The van der Waals surface area contributed by atoms with Gasteiger partial charge in [-0.05, 0) is 33.6 Å². The minimum absolute atomic E-state index is 0.0699. The summed E-state index contributed by atoms with van der Waals surface area (Å²) in [5.41, 5.74) is 0.703. The Hall–Kier alpha value is -0.860. The maximum atomic E-state index is 9.78. The molecule has 0 spiro atoms. The summed E-state index contributed by atoms with van der Waals surface area (Å²) < 4.78 is 21.5. The van der Waals surface area contributed by atoms with E-state index >= 15 is 0 Å². The van der Waals surface area contributed by atoms with Crippen LogP contribution in [-0.4, -0.2) is 57.0 Å². The van der Waals surface area contributed by atoms with Crippen molar-refractivity contribution >= 4 is 15.9 Å². The molecule has 2 N–H and O–H groups in total. The third-order valence-corrected chi connectivity index (χ3v) is 3.22. The number of rotatable bonds is 10. The molecule has 1 aromatic carbocycles. The lowest BCUT2D eigenvalue weighted by molar-refractivity contribution is -0.00461. The first-order chi connectivity index (χ1) is 10.1. The van der Waals surface area contributed by atoms with E-state index in [-0.39, 0.29) is 19.8 Å². The van der Waals surface area contributed by atoms with Crippen LogP contribution < -0.4 is 9.47 Å². The lowest BCUT2D eigenvalue weighted by Crippen LogP contribution is -2.24. The monoisotopic (exact) mass is 364 g/mol. The van der Waals surface area contributed by atoms with Gasteiger partial charge in [0.05, 0.1) is 38.0 Å². The molecule has 0 heterocycles. The first-order valence-corrected chi connectivity index (χ1v) is 7.26.